The van der Waals surface area contributed by atoms with Gasteiger partial charge in [-0.15, -0.1) is 0 Å². The number of nitro groups is 1. The molecule has 1 atom stereocenters. The Balaban J connectivity index is 1.56. The van der Waals surface area contributed by atoms with Crippen molar-refractivity contribution in [1.82, 2.24) is 9.80 Å². The topological polar surface area (TPSA) is 105 Å². The predicted octanol–water partition coefficient (Wildman–Crippen LogP) is 3.09. The monoisotopic (exact) mass is 382 g/mol. The molecule has 10 heteroatoms. The van der Waals surface area contributed by atoms with Crippen molar-refractivity contribution < 1.29 is 19.2 Å². The molecular weight excluding hydrogens is 364 g/mol. The minimum atomic E-state index is -0.598. The van der Waals surface area contributed by atoms with E-state index in [1.54, 1.807) is 9.80 Å². The van der Waals surface area contributed by atoms with Crippen molar-refractivity contribution in [2.24, 2.45) is 0 Å². The van der Waals surface area contributed by atoms with Gasteiger partial charge in [0.15, 0.2) is 0 Å². The number of nitrogens with zero attached hydrogens (tertiary/aromatic N) is 3. The van der Waals surface area contributed by atoms with Gasteiger partial charge in [-0.05, 0) is 31.9 Å². The van der Waals surface area contributed by atoms with Gasteiger partial charge in [0.1, 0.15) is 11.1 Å². The van der Waals surface area contributed by atoms with E-state index in [-0.39, 0.29) is 35.0 Å². The van der Waals surface area contributed by atoms with Crippen molar-refractivity contribution >= 4 is 35.1 Å². The summed E-state index contributed by atoms with van der Waals surface area (Å²) in [6.45, 7) is 3.41. The highest BCUT2D eigenvalue weighted by Gasteiger charge is 2.36. The van der Waals surface area contributed by atoms with Gasteiger partial charge in [-0.25, -0.2) is 9.59 Å². The van der Waals surface area contributed by atoms with Gasteiger partial charge >= 0.3 is 12.1 Å². The highest BCUT2D eigenvalue weighted by atomic mass is 35.5. The van der Waals surface area contributed by atoms with E-state index >= 15 is 0 Å². The van der Waals surface area contributed by atoms with Crippen molar-refractivity contribution in [2.75, 3.05) is 25.0 Å². The zero-order valence-electron chi connectivity index (χ0n) is 14.2. The fourth-order valence-electron chi connectivity index (χ4n) is 3.24. The van der Waals surface area contributed by atoms with Crippen LogP contribution in [0.4, 0.5) is 21.0 Å². The Hall–Kier alpha value is -2.55. The maximum Gasteiger partial charge on any atom is 0.410 e. The molecule has 140 valence electrons. The van der Waals surface area contributed by atoms with Crippen LogP contribution in [0.2, 0.25) is 5.02 Å². The van der Waals surface area contributed by atoms with Gasteiger partial charge in [-0.1, -0.05) is 11.6 Å². The Kier molecular flexibility index (Phi) is 5.17. The van der Waals surface area contributed by atoms with E-state index < -0.39 is 4.92 Å². The van der Waals surface area contributed by atoms with E-state index in [0.717, 1.165) is 0 Å². The van der Waals surface area contributed by atoms with Gasteiger partial charge in [0.2, 0.25) is 0 Å². The van der Waals surface area contributed by atoms with Gasteiger partial charge in [0.25, 0.3) is 5.69 Å². The quantitative estimate of drug-likeness (QED) is 0.638. The van der Waals surface area contributed by atoms with Crippen molar-refractivity contribution in [3.63, 3.8) is 0 Å². The Morgan fingerprint density at radius 1 is 1.38 bits per heavy atom. The molecule has 1 N–H and O–H groups in total. The summed E-state index contributed by atoms with van der Waals surface area (Å²) < 4.78 is 5.15. The number of hydrogen-bond donors (Lipinski definition) is 1. The Morgan fingerprint density at radius 2 is 2.08 bits per heavy atom. The lowest BCUT2D eigenvalue weighted by molar-refractivity contribution is -0.384. The summed E-state index contributed by atoms with van der Waals surface area (Å²) in [4.78, 5) is 37.9. The lowest BCUT2D eigenvalue weighted by Crippen LogP contribution is -2.48. The van der Waals surface area contributed by atoms with E-state index in [1.165, 1.54) is 18.2 Å². The first kappa shape index (κ1) is 18.2. The predicted molar refractivity (Wildman–Crippen MR) is 94.4 cm³/mol. The van der Waals surface area contributed by atoms with Gasteiger partial charge in [0.05, 0.1) is 11.5 Å². The highest BCUT2D eigenvalue weighted by Crippen LogP contribution is 2.28. The summed E-state index contributed by atoms with van der Waals surface area (Å²) >= 11 is 5.77. The van der Waals surface area contributed by atoms with E-state index in [9.17, 15) is 19.7 Å². The molecule has 0 spiro atoms. The first-order chi connectivity index (χ1) is 12.3. The van der Waals surface area contributed by atoms with Gasteiger partial charge in [-0.2, -0.15) is 0 Å². The van der Waals surface area contributed by atoms with Crippen LogP contribution in [0.15, 0.2) is 18.2 Å². The number of likely N-dealkylation sites (tertiary alicyclic amines) is 1. The van der Waals surface area contributed by atoms with Gasteiger partial charge in [-0.3, -0.25) is 10.1 Å². The standard InChI is InChI=1S/C16H19ClN4O5/c1-10-9-20(16(23)26-10)12-4-6-19(7-5-12)15(22)18-11-2-3-13(17)14(8-11)21(24)25/h2-3,8,10,12H,4-7,9H2,1H3,(H,18,22). The molecular formula is C16H19ClN4O5. The molecule has 0 aliphatic carbocycles. The summed E-state index contributed by atoms with van der Waals surface area (Å²) in [5.41, 5.74) is 0.0509. The van der Waals surface area contributed by atoms with E-state index in [1.807, 2.05) is 6.92 Å². The molecule has 0 saturated carbocycles. The second kappa shape index (κ2) is 7.36. The first-order valence-electron chi connectivity index (χ1n) is 8.32. The molecule has 9 nitrogen and oxygen atoms in total. The van der Waals surface area contributed by atoms with Gasteiger partial charge < -0.3 is 19.9 Å². The number of urea groups is 1. The third-order valence-electron chi connectivity index (χ3n) is 4.58. The maximum absolute atomic E-state index is 12.4. The zero-order valence-corrected chi connectivity index (χ0v) is 14.9. The highest BCUT2D eigenvalue weighted by molar-refractivity contribution is 6.32. The molecule has 2 aliphatic rings. The summed E-state index contributed by atoms with van der Waals surface area (Å²) in [5, 5.41) is 13.6. The molecule has 3 amide bonds. The number of cyclic esters (lactones) is 1. The molecule has 26 heavy (non-hydrogen) atoms. The number of piperidine rings is 1. The molecule has 2 saturated heterocycles. The fourth-order valence-corrected chi connectivity index (χ4v) is 3.43. The third kappa shape index (κ3) is 3.82. The zero-order chi connectivity index (χ0) is 18.8. The van der Waals surface area contributed by atoms with E-state index in [4.69, 9.17) is 16.3 Å². The number of amides is 3. The average Bonchev–Trinajstić information content (AvgIpc) is 2.94. The van der Waals surface area contributed by atoms with Crippen LogP contribution in [0.5, 0.6) is 0 Å². The lowest BCUT2D eigenvalue weighted by Gasteiger charge is -2.35. The number of carbonyl (C=O) groups excluding carboxylic acids is 2. The second-order valence-electron chi connectivity index (χ2n) is 6.42. The third-order valence-corrected chi connectivity index (χ3v) is 4.90. The normalized spacial score (nSPS) is 20.8. The number of benzene rings is 1. The van der Waals surface area contributed by atoms with E-state index in [2.05, 4.69) is 5.32 Å². The largest absolute Gasteiger partial charge is 0.444 e. The fraction of sp³-hybridized carbons (Fsp3) is 0.500. The number of halogens is 1. The summed E-state index contributed by atoms with van der Waals surface area (Å²) in [5.74, 6) is 0. The molecule has 3 rings (SSSR count). The molecule has 2 heterocycles. The van der Waals surface area contributed by atoms with Crippen molar-refractivity contribution in [1.29, 1.82) is 0 Å². The van der Waals surface area contributed by atoms with Crippen LogP contribution in [0, 0.1) is 10.1 Å². The number of nitrogens with one attached hydrogen (secondary N) is 1. The molecule has 0 bridgehead atoms. The molecule has 1 aromatic rings. The summed E-state index contributed by atoms with van der Waals surface area (Å²) in [6.07, 6.45) is 0.921. The molecule has 2 aliphatic heterocycles. The molecule has 0 aromatic heterocycles. The number of nitro benzene ring substituents is 1. The minimum absolute atomic E-state index is 0.0144. The van der Waals surface area contributed by atoms with Crippen molar-refractivity contribution in [2.45, 2.75) is 31.9 Å². The Labute approximate surface area is 155 Å². The van der Waals surface area contributed by atoms with Crippen LogP contribution in [0.1, 0.15) is 19.8 Å². The van der Waals surface area contributed by atoms with Gasteiger partial charge in [0, 0.05) is 30.9 Å². The van der Waals surface area contributed by atoms with Crippen LogP contribution in [-0.2, 0) is 4.74 Å². The average molecular weight is 383 g/mol. The van der Waals surface area contributed by atoms with Crippen LogP contribution in [-0.4, -0.2) is 58.6 Å². The second-order valence-corrected chi connectivity index (χ2v) is 6.83. The smallest absolute Gasteiger partial charge is 0.410 e. The Bertz CT molecular complexity index is 735. The Morgan fingerprint density at radius 3 is 2.65 bits per heavy atom. The number of ether oxygens (including phenoxy) is 1. The van der Waals surface area contributed by atoms with Crippen molar-refractivity contribution in [3.8, 4) is 0 Å². The van der Waals surface area contributed by atoms with Crippen LogP contribution < -0.4 is 5.32 Å². The van der Waals surface area contributed by atoms with Crippen molar-refractivity contribution in [3.05, 3.63) is 33.3 Å². The number of rotatable bonds is 3. The number of carbonyl (C=O) groups is 2. The van der Waals surface area contributed by atoms with Crippen LogP contribution >= 0.6 is 11.6 Å². The van der Waals surface area contributed by atoms with E-state index in [0.29, 0.717) is 38.2 Å². The maximum atomic E-state index is 12.4. The summed E-state index contributed by atoms with van der Waals surface area (Å²) in [6, 6.07) is 3.85. The molecule has 0 radical (unpaired) electrons. The minimum Gasteiger partial charge on any atom is -0.444 e. The SMILES string of the molecule is CC1CN(C2CCN(C(=O)Nc3ccc(Cl)c([N+](=O)[O-])c3)CC2)C(=O)O1. The first-order valence-corrected chi connectivity index (χ1v) is 8.70. The van der Waals surface area contributed by atoms with Crippen LogP contribution in [0.25, 0.3) is 0 Å². The molecule has 1 aromatic carbocycles. The summed E-state index contributed by atoms with van der Waals surface area (Å²) in [7, 11) is 0. The van der Waals surface area contributed by atoms with Crippen LogP contribution in [0.3, 0.4) is 0 Å². The molecule has 1 unspecified atom stereocenters. The lowest BCUT2D eigenvalue weighted by atomic mass is 10.0. The number of anilines is 1. The number of hydrogen-bond acceptors (Lipinski definition) is 5. The molecule has 2 fully saturated rings.